The molecule has 1 aromatic carbocycles. The summed E-state index contributed by atoms with van der Waals surface area (Å²) in [6, 6.07) is 5.58. The number of aromatic nitrogens is 2. The van der Waals surface area contributed by atoms with Gasteiger partial charge < -0.3 is 14.4 Å². The zero-order valence-corrected chi connectivity index (χ0v) is 11.5. The van der Waals surface area contributed by atoms with Crippen LogP contribution in [0.4, 0.5) is 0 Å². The third-order valence-electron chi connectivity index (χ3n) is 2.43. The Morgan fingerprint density at radius 3 is 2.94 bits per heavy atom. The highest BCUT2D eigenvalue weighted by Gasteiger charge is 2.10. The smallest absolute Gasteiger partial charge is 0.227 e. The second-order valence-electron chi connectivity index (χ2n) is 3.69. The monoisotopic (exact) mass is 312 g/mol. The lowest BCUT2D eigenvalue weighted by Gasteiger charge is -2.03. The summed E-state index contributed by atoms with van der Waals surface area (Å²) < 4.78 is 11.1. The van der Waals surface area contributed by atoms with Crippen LogP contribution in [0.5, 0.6) is 5.75 Å². The standard InChI is InChI=1S/C12H13BrN2O3/c1-17-10-5-4-8(7-9(10)13)12-14-11(18-15-12)3-2-6-16/h4-5,7,16H,2-3,6H2,1H3. The molecule has 1 heterocycles. The van der Waals surface area contributed by atoms with Gasteiger partial charge in [-0.15, -0.1) is 0 Å². The Bertz CT molecular complexity index is 528. The van der Waals surface area contributed by atoms with Crippen molar-refractivity contribution >= 4 is 15.9 Å². The Labute approximate surface area is 113 Å². The highest BCUT2D eigenvalue weighted by atomic mass is 79.9. The van der Waals surface area contributed by atoms with E-state index in [0.29, 0.717) is 24.6 Å². The van der Waals surface area contributed by atoms with E-state index < -0.39 is 0 Å². The second-order valence-corrected chi connectivity index (χ2v) is 4.54. The summed E-state index contributed by atoms with van der Waals surface area (Å²) in [5, 5.41) is 12.6. The van der Waals surface area contributed by atoms with Gasteiger partial charge >= 0.3 is 0 Å². The Kier molecular flexibility index (Phi) is 4.33. The molecule has 6 heteroatoms. The van der Waals surface area contributed by atoms with Crippen molar-refractivity contribution in [3.05, 3.63) is 28.6 Å². The van der Waals surface area contributed by atoms with Crippen molar-refractivity contribution < 1.29 is 14.4 Å². The van der Waals surface area contributed by atoms with Crippen LogP contribution < -0.4 is 4.74 Å². The number of methoxy groups -OCH3 is 1. The molecule has 0 unspecified atom stereocenters. The molecule has 0 radical (unpaired) electrons. The van der Waals surface area contributed by atoms with Crippen LogP contribution in [-0.4, -0.2) is 29.0 Å². The summed E-state index contributed by atoms with van der Waals surface area (Å²) in [7, 11) is 1.61. The number of aliphatic hydroxyl groups is 1. The number of halogens is 1. The van der Waals surface area contributed by atoms with Gasteiger partial charge in [-0.2, -0.15) is 4.98 Å². The number of rotatable bonds is 5. The van der Waals surface area contributed by atoms with Crippen LogP contribution in [0.15, 0.2) is 27.2 Å². The molecule has 0 amide bonds. The molecule has 2 rings (SSSR count). The number of aryl methyl sites for hydroxylation is 1. The van der Waals surface area contributed by atoms with Crippen molar-refractivity contribution in [1.29, 1.82) is 0 Å². The topological polar surface area (TPSA) is 68.4 Å². The van der Waals surface area contributed by atoms with Gasteiger partial charge in [0.25, 0.3) is 0 Å². The van der Waals surface area contributed by atoms with Crippen LogP contribution in [-0.2, 0) is 6.42 Å². The third kappa shape index (κ3) is 2.88. The SMILES string of the molecule is COc1ccc(-c2noc(CCCO)n2)cc1Br. The molecule has 0 atom stereocenters. The fourth-order valence-corrected chi connectivity index (χ4v) is 2.05. The van der Waals surface area contributed by atoms with Gasteiger partial charge in [-0.3, -0.25) is 0 Å². The molecule has 0 saturated heterocycles. The van der Waals surface area contributed by atoms with Crippen molar-refractivity contribution in [2.24, 2.45) is 0 Å². The second kappa shape index (κ2) is 5.97. The first-order chi connectivity index (χ1) is 8.74. The molecule has 5 nitrogen and oxygen atoms in total. The van der Waals surface area contributed by atoms with Crippen LogP contribution in [0.1, 0.15) is 12.3 Å². The molecule has 0 saturated carbocycles. The molecule has 0 aliphatic rings. The van der Waals surface area contributed by atoms with E-state index in [9.17, 15) is 0 Å². The number of nitrogens with zero attached hydrogens (tertiary/aromatic N) is 2. The quantitative estimate of drug-likeness (QED) is 0.918. The summed E-state index contributed by atoms with van der Waals surface area (Å²) in [6.07, 6.45) is 1.20. The Balaban J connectivity index is 2.20. The first-order valence-electron chi connectivity index (χ1n) is 5.52. The zero-order chi connectivity index (χ0) is 13.0. The normalized spacial score (nSPS) is 10.6. The number of ether oxygens (including phenoxy) is 1. The maximum Gasteiger partial charge on any atom is 0.227 e. The summed E-state index contributed by atoms with van der Waals surface area (Å²) in [4.78, 5) is 4.26. The van der Waals surface area contributed by atoms with Crippen LogP contribution in [0.3, 0.4) is 0 Å². The summed E-state index contributed by atoms with van der Waals surface area (Å²) >= 11 is 3.41. The molecule has 0 bridgehead atoms. The van der Waals surface area contributed by atoms with E-state index in [2.05, 4.69) is 26.1 Å². The number of benzene rings is 1. The Morgan fingerprint density at radius 2 is 2.28 bits per heavy atom. The van der Waals surface area contributed by atoms with Gasteiger partial charge in [0.05, 0.1) is 11.6 Å². The van der Waals surface area contributed by atoms with E-state index in [1.165, 1.54) is 0 Å². The van der Waals surface area contributed by atoms with Gasteiger partial charge in [0.1, 0.15) is 5.75 Å². The lowest BCUT2D eigenvalue weighted by Crippen LogP contribution is -1.90. The molecule has 2 aromatic rings. The predicted octanol–water partition coefficient (Wildman–Crippen LogP) is 2.43. The van der Waals surface area contributed by atoms with Crippen LogP contribution in [0, 0.1) is 0 Å². The zero-order valence-electron chi connectivity index (χ0n) is 9.89. The average Bonchev–Trinajstić information content (AvgIpc) is 2.85. The molecule has 1 aromatic heterocycles. The van der Waals surface area contributed by atoms with Gasteiger partial charge in [0.2, 0.25) is 11.7 Å². The minimum atomic E-state index is 0.117. The van der Waals surface area contributed by atoms with Crippen molar-refractivity contribution in [3.8, 4) is 17.1 Å². The maximum atomic E-state index is 8.74. The van der Waals surface area contributed by atoms with E-state index in [4.69, 9.17) is 14.4 Å². The van der Waals surface area contributed by atoms with E-state index in [1.54, 1.807) is 7.11 Å². The van der Waals surface area contributed by atoms with Crippen molar-refractivity contribution in [2.45, 2.75) is 12.8 Å². The fraction of sp³-hybridized carbons (Fsp3) is 0.333. The van der Waals surface area contributed by atoms with Gasteiger partial charge in [-0.1, -0.05) is 5.16 Å². The Hall–Kier alpha value is -1.40. The highest BCUT2D eigenvalue weighted by Crippen LogP contribution is 2.29. The van der Waals surface area contributed by atoms with Crippen LogP contribution in [0.25, 0.3) is 11.4 Å². The lowest BCUT2D eigenvalue weighted by molar-refractivity contribution is 0.278. The molecule has 0 aliphatic carbocycles. The first kappa shape index (κ1) is 13.0. The molecular weight excluding hydrogens is 300 g/mol. The number of hydrogen-bond acceptors (Lipinski definition) is 5. The van der Waals surface area contributed by atoms with E-state index in [1.807, 2.05) is 18.2 Å². The molecule has 0 spiro atoms. The lowest BCUT2D eigenvalue weighted by atomic mass is 10.2. The third-order valence-corrected chi connectivity index (χ3v) is 3.05. The molecular formula is C12H13BrN2O3. The first-order valence-corrected chi connectivity index (χ1v) is 6.31. The van der Waals surface area contributed by atoms with Gasteiger partial charge in [-0.05, 0) is 40.5 Å². The van der Waals surface area contributed by atoms with Crippen molar-refractivity contribution in [2.75, 3.05) is 13.7 Å². The van der Waals surface area contributed by atoms with Crippen LogP contribution >= 0.6 is 15.9 Å². The van der Waals surface area contributed by atoms with E-state index in [-0.39, 0.29) is 6.61 Å². The highest BCUT2D eigenvalue weighted by molar-refractivity contribution is 9.10. The molecule has 1 N–H and O–H groups in total. The molecule has 0 fully saturated rings. The van der Waals surface area contributed by atoms with Crippen molar-refractivity contribution in [3.63, 3.8) is 0 Å². The number of aliphatic hydroxyl groups excluding tert-OH is 1. The number of hydrogen-bond donors (Lipinski definition) is 1. The molecule has 0 aliphatic heterocycles. The summed E-state index contributed by atoms with van der Waals surface area (Å²) in [6.45, 7) is 0.117. The average molecular weight is 313 g/mol. The predicted molar refractivity (Wildman–Crippen MR) is 69.4 cm³/mol. The van der Waals surface area contributed by atoms with Gasteiger partial charge in [-0.25, -0.2) is 0 Å². The summed E-state index contributed by atoms with van der Waals surface area (Å²) in [5.41, 5.74) is 0.849. The Morgan fingerprint density at radius 1 is 1.44 bits per heavy atom. The van der Waals surface area contributed by atoms with Gasteiger partial charge in [0, 0.05) is 18.6 Å². The van der Waals surface area contributed by atoms with Gasteiger partial charge in [0.15, 0.2) is 0 Å². The largest absolute Gasteiger partial charge is 0.496 e. The molecule has 18 heavy (non-hydrogen) atoms. The molecule has 96 valence electrons. The summed E-state index contributed by atoms with van der Waals surface area (Å²) in [5.74, 6) is 1.82. The van der Waals surface area contributed by atoms with E-state index >= 15 is 0 Å². The van der Waals surface area contributed by atoms with E-state index in [0.717, 1.165) is 15.8 Å². The van der Waals surface area contributed by atoms with Crippen molar-refractivity contribution in [1.82, 2.24) is 10.1 Å². The minimum absolute atomic E-state index is 0.117. The van der Waals surface area contributed by atoms with Crippen LogP contribution in [0.2, 0.25) is 0 Å². The fourth-order valence-electron chi connectivity index (χ4n) is 1.51. The minimum Gasteiger partial charge on any atom is -0.496 e. The maximum absolute atomic E-state index is 8.74.